The van der Waals surface area contributed by atoms with Crippen LogP contribution >= 0.6 is 11.6 Å². The Morgan fingerprint density at radius 2 is 1.63 bits per heavy atom. The second-order valence-electron chi connectivity index (χ2n) is 8.50. The first-order chi connectivity index (χ1) is 16.7. The Labute approximate surface area is 205 Å². The molecular formula is C26H21ClF3N3O2. The maximum atomic E-state index is 13.4. The highest BCUT2D eigenvalue weighted by molar-refractivity contribution is 6.30. The third kappa shape index (κ3) is 4.71. The monoisotopic (exact) mass is 499 g/mol. The van der Waals surface area contributed by atoms with Gasteiger partial charge in [0.2, 0.25) is 0 Å². The molecule has 0 aromatic heterocycles. The van der Waals surface area contributed by atoms with Crippen LogP contribution in [0.5, 0.6) is 11.5 Å². The van der Waals surface area contributed by atoms with Gasteiger partial charge in [-0.05, 0) is 61.5 Å². The maximum Gasteiger partial charge on any atom is 0.416 e. The number of carbonyl (C=O) groups excluding carboxylic acids is 1. The van der Waals surface area contributed by atoms with E-state index in [2.05, 4.69) is 4.99 Å². The van der Waals surface area contributed by atoms with Crippen LogP contribution in [0.15, 0.2) is 65.7 Å². The van der Waals surface area contributed by atoms with E-state index in [9.17, 15) is 18.0 Å². The number of hydrogen-bond acceptors (Lipinski definition) is 4. The lowest BCUT2D eigenvalue weighted by molar-refractivity contribution is -0.137. The Bertz CT molecular complexity index is 1310. The van der Waals surface area contributed by atoms with Gasteiger partial charge in [-0.15, -0.1) is 0 Å². The van der Waals surface area contributed by atoms with E-state index in [-0.39, 0.29) is 17.3 Å². The van der Waals surface area contributed by atoms with Crippen LogP contribution in [0.25, 0.3) is 0 Å². The average molecular weight is 500 g/mol. The zero-order valence-corrected chi connectivity index (χ0v) is 19.5. The molecule has 3 aromatic carbocycles. The van der Waals surface area contributed by atoms with Crippen molar-refractivity contribution in [3.63, 3.8) is 0 Å². The molecule has 2 heterocycles. The number of piperazine rings is 1. The zero-order valence-electron chi connectivity index (χ0n) is 18.8. The summed E-state index contributed by atoms with van der Waals surface area (Å²) in [5.41, 5.74) is 1.55. The standard InChI is InChI=1S/C26H21ClF3N3O2/c1-16-2-8-22-20(14-16)24(31-21-15-18(26(28,29)30)5-9-23(21)35-22)32-10-12-33(13-11-32)25(34)17-3-6-19(27)7-4-17/h2-9,14-15H,10-13H2,1H3. The number of hydrogen-bond donors (Lipinski definition) is 0. The Hall–Kier alpha value is -3.52. The number of carbonyl (C=O) groups is 1. The number of halogens is 4. The minimum atomic E-state index is -4.49. The zero-order chi connectivity index (χ0) is 24.7. The number of nitrogens with zero attached hydrogens (tertiary/aromatic N) is 3. The molecule has 0 aliphatic carbocycles. The molecule has 0 radical (unpaired) electrons. The first-order valence-electron chi connectivity index (χ1n) is 11.1. The first-order valence-corrected chi connectivity index (χ1v) is 11.5. The van der Waals surface area contributed by atoms with Crippen LogP contribution in [-0.4, -0.2) is 47.7 Å². The van der Waals surface area contributed by atoms with Gasteiger partial charge in [-0.25, -0.2) is 4.99 Å². The highest BCUT2D eigenvalue weighted by atomic mass is 35.5. The Morgan fingerprint density at radius 3 is 2.31 bits per heavy atom. The van der Waals surface area contributed by atoms with Gasteiger partial charge in [0, 0.05) is 36.8 Å². The fourth-order valence-electron chi connectivity index (χ4n) is 4.21. The summed E-state index contributed by atoms with van der Waals surface area (Å²) in [6.07, 6.45) is -4.49. The summed E-state index contributed by atoms with van der Waals surface area (Å²) in [5, 5.41) is 0.558. The topological polar surface area (TPSA) is 45.1 Å². The van der Waals surface area contributed by atoms with Gasteiger partial charge in [0.25, 0.3) is 5.91 Å². The summed E-state index contributed by atoms with van der Waals surface area (Å²) in [6, 6.07) is 15.6. The minimum absolute atomic E-state index is 0.0936. The SMILES string of the molecule is Cc1ccc2c(c1)C(N1CCN(C(=O)c3ccc(Cl)cc3)CC1)=Nc1cc(C(F)(F)F)ccc1O2. The molecule has 5 rings (SSSR count). The predicted molar refractivity (Wildman–Crippen MR) is 128 cm³/mol. The molecule has 0 saturated carbocycles. The quantitative estimate of drug-likeness (QED) is 0.394. The van der Waals surface area contributed by atoms with Gasteiger partial charge in [-0.3, -0.25) is 4.79 Å². The molecule has 0 bridgehead atoms. The van der Waals surface area contributed by atoms with Crippen LogP contribution in [-0.2, 0) is 6.18 Å². The van der Waals surface area contributed by atoms with Crippen LogP contribution in [0.4, 0.5) is 18.9 Å². The number of amides is 1. The Morgan fingerprint density at radius 1 is 0.943 bits per heavy atom. The molecule has 0 unspecified atom stereocenters. The van der Waals surface area contributed by atoms with Crippen molar-refractivity contribution in [3.8, 4) is 11.5 Å². The summed E-state index contributed by atoms with van der Waals surface area (Å²) in [5.74, 6) is 1.21. The van der Waals surface area contributed by atoms with Crippen molar-refractivity contribution in [2.75, 3.05) is 26.2 Å². The molecule has 1 saturated heterocycles. The van der Waals surface area contributed by atoms with Crippen molar-refractivity contribution >= 4 is 29.0 Å². The van der Waals surface area contributed by atoms with Crippen molar-refractivity contribution in [1.29, 1.82) is 0 Å². The largest absolute Gasteiger partial charge is 0.454 e. The average Bonchev–Trinajstić information content (AvgIpc) is 3.00. The van der Waals surface area contributed by atoms with E-state index in [1.165, 1.54) is 6.07 Å². The number of aryl methyl sites for hydroxylation is 1. The van der Waals surface area contributed by atoms with Gasteiger partial charge >= 0.3 is 6.18 Å². The number of amidine groups is 1. The smallest absolute Gasteiger partial charge is 0.416 e. The summed E-state index contributed by atoms with van der Waals surface area (Å²) in [6.45, 7) is 3.76. The second kappa shape index (κ2) is 8.92. The van der Waals surface area contributed by atoms with Gasteiger partial charge in [-0.2, -0.15) is 13.2 Å². The van der Waals surface area contributed by atoms with Gasteiger partial charge < -0.3 is 14.5 Å². The second-order valence-corrected chi connectivity index (χ2v) is 8.94. The lowest BCUT2D eigenvalue weighted by Crippen LogP contribution is -2.50. The summed E-state index contributed by atoms with van der Waals surface area (Å²) < 4.78 is 46.1. The molecule has 180 valence electrons. The number of benzene rings is 3. The van der Waals surface area contributed by atoms with Crippen molar-refractivity contribution in [3.05, 3.63) is 87.9 Å². The molecule has 35 heavy (non-hydrogen) atoms. The number of rotatable bonds is 1. The summed E-state index contributed by atoms with van der Waals surface area (Å²) >= 11 is 5.93. The van der Waals surface area contributed by atoms with Crippen molar-refractivity contribution in [2.45, 2.75) is 13.1 Å². The third-order valence-electron chi connectivity index (χ3n) is 6.07. The minimum Gasteiger partial charge on any atom is -0.454 e. The van der Waals surface area contributed by atoms with E-state index in [0.29, 0.717) is 53.9 Å². The summed E-state index contributed by atoms with van der Waals surface area (Å²) in [4.78, 5) is 21.3. The highest BCUT2D eigenvalue weighted by Gasteiger charge is 2.33. The van der Waals surface area contributed by atoms with Gasteiger partial charge in [-0.1, -0.05) is 23.2 Å². The molecule has 9 heteroatoms. The van der Waals surface area contributed by atoms with Crippen molar-refractivity contribution < 1.29 is 22.7 Å². The summed E-state index contributed by atoms with van der Waals surface area (Å²) in [7, 11) is 0. The highest BCUT2D eigenvalue weighted by Crippen LogP contribution is 2.42. The van der Waals surface area contributed by atoms with Gasteiger partial charge in [0.1, 0.15) is 17.3 Å². The van der Waals surface area contributed by atoms with Crippen molar-refractivity contribution in [1.82, 2.24) is 9.80 Å². The number of ether oxygens (including phenoxy) is 1. The van der Waals surface area contributed by atoms with Gasteiger partial charge in [0.05, 0.1) is 11.1 Å². The van der Waals surface area contributed by atoms with Crippen molar-refractivity contribution in [2.24, 2.45) is 4.99 Å². The van der Waals surface area contributed by atoms with Crippen LogP contribution in [0.2, 0.25) is 5.02 Å². The van der Waals surface area contributed by atoms with E-state index < -0.39 is 11.7 Å². The molecule has 3 aromatic rings. The lowest BCUT2D eigenvalue weighted by Gasteiger charge is -2.36. The van der Waals surface area contributed by atoms with Crippen LogP contribution in [0.3, 0.4) is 0 Å². The van der Waals surface area contributed by atoms with Crippen LogP contribution < -0.4 is 4.74 Å². The lowest BCUT2D eigenvalue weighted by atomic mass is 10.1. The molecule has 5 nitrogen and oxygen atoms in total. The van der Waals surface area contributed by atoms with Crippen LogP contribution in [0, 0.1) is 6.92 Å². The first kappa shape index (κ1) is 23.2. The van der Waals surface area contributed by atoms with Crippen LogP contribution in [0.1, 0.15) is 27.0 Å². The number of aliphatic imine (C=N–C) groups is 1. The Kier molecular flexibility index (Phi) is 5.92. The fourth-order valence-corrected chi connectivity index (χ4v) is 4.33. The molecular weight excluding hydrogens is 479 g/mol. The van der Waals surface area contributed by atoms with Gasteiger partial charge in [0.15, 0.2) is 5.75 Å². The molecule has 2 aliphatic heterocycles. The van der Waals surface area contributed by atoms with E-state index >= 15 is 0 Å². The molecule has 0 spiro atoms. The van der Waals surface area contributed by atoms with E-state index in [0.717, 1.165) is 17.7 Å². The fraction of sp³-hybridized carbons (Fsp3) is 0.231. The van der Waals surface area contributed by atoms with E-state index in [4.69, 9.17) is 16.3 Å². The molecule has 0 atom stereocenters. The molecule has 2 aliphatic rings. The predicted octanol–water partition coefficient (Wildman–Crippen LogP) is 6.31. The Balaban J connectivity index is 1.46. The third-order valence-corrected chi connectivity index (χ3v) is 6.32. The molecule has 1 amide bonds. The molecule has 1 fully saturated rings. The maximum absolute atomic E-state index is 13.4. The van der Waals surface area contributed by atoms with E-state index in [1.54, 1.807) is 35.2 Å². The molecule has 0 N–H and O–H groups in total. The van der Waals surface area contributed by atoms with E-state index in [1.807, 2.05) is 24.0 Å². The normalized spacial score (nSPS) is 15.5. The number of alkyl halides is 3. The number of fused-ring (bicyclic) bond motifs is 2.